The third kappa shape index (κ3) is 65.8. The first-order valence-corrected chi connectivity index (χ1v) is 2.77. The van der Waals surface area contributed by atoms with E-state index >= 15 is 0 Å². The fourth-order valence-corrected chi connectivity index (χ4v) is 0. The van der Waals surface area contributed by atoms with Gasteiger partial charge in [-0.3, -0.25) is 4.55 Å². The molecule has 0 unspecified atom stereocenters. The first-order chi connectivity index (χ1) is 2.00. The first kappa shape index (κ1) is 22.4. The summed E-state index contributed by atoms with van der Waals surface area (Å²) in [6.07, 6.45) is 0.715. The summed E-state index contributed by atoms with van der Waals surface area (Å²) in [4.78, 5) is 0. The minimum atomic E-state index is -3.67. The summed E-state index contributed by atoms with van der Waals surface area (Å²) in [6, 6.07) is 0. The number of rotatable bonds is 0. The summed E-state index contributed by atoms with van der Waals surface area (Å²) < 4.78 is 25.9. The molecule has 38 valence electrons. The van der Waals surface area contributed by atoms with Gasteiger partial charge in [0.25, 0.3) is 10.1 Å². The molecule has 8 heavy (non-hydrogen) atoms. The maximum atomic E-state index is 9.19. The minimum absolute atomic E-state index is 0. The van der Waals surface area contributed by atoms with E-state index in [1.165, 1.54) is 0 Å². The van der Waals surface area contributed by atoms with Crippen molar-refractivity contribution in [1.29, 1.82) is 0 Å². The van der Waals surface area contributed by atoms with E-state index in [1.807, 2.05) is 0 Å². The summed E-state index contributed by atoms with van der Waals surface area (Å²) in [5, 5.41) is 0. The molecule has 0 aliphatic rings. The molecule has 0 aromatic rings. The molecule has 0 heterocycles. The monoisotopic (exact) mass is 168 g/mol. The van der Waals surface area contributed by atoms with E-state index in [-0.39, 0.29) is 88.7 Å². The van der Waals surface area contributed by atoms with Crippen molar-refractivity contribution < 1.29 is 13.0 Å². The Kier molecular flexibility index (Phi) is 27.8. The quantitative estimate of drug-likeness (QED) is 0.323. The van der Waals surface area contributed by atoms with Crippen molar-refractivity contribution in [3.05, 3.63) is 0 Å². The van der Waals surface area contributed by atoms with Gasteiger partial charge in [0, 0.05) is 0 Å². The molecule has 0 radical (unpaired) electrons. The zero-order valence-corrected chi connectivity index (χ0v) is 3.49. The fraction of sp³-hybridized carbons (Fsp3) is 1.00. The van der Waals surface area contributed by atoms with Gasteiger partial charge in [-0.05, 0) is 0 Å². The molecule has 0 saturated heterocycles. The molecule has 0 aliphatic carbocycles. The van der Waals surface area contributed by atoms with Gasteiger partial charge in [0.2, 0.25) is 0 Å². The van der Waals surface area contributed by atoms with Crippen LogP contribution in [0.2, 0.25) is 0 Å². The van der Waals surface area contributed by atoms with Crippen molar-refractivity contribution in [2.75, 3.05) is 6.26 Å². The van der Waals surface area contributed by atoms with Crippen LogP contribution < -0.4 is 0 Å². The number of hydrogen-bond donors (Lipinski definition) is 1. The van der Waals surface area contributed by atoms with E-state index in [9.17, 15) is 8.42 Å². The van der Waals surface area contributed by atoms with Crippen molar-refractivity contribution >= 4 is 98.8 Å². The topological polar surface area (TPSA) is 54.4 Å². The summed E-state index contributed by atoms with van der Waals surface area (Å²) in [5.41, 5.74) is 0. The first-order valence-electron chi connectivity index (χ1n) is 0.924. The Morgan fingerprint density at radius 3 is 1.12 bits per heavy atom. The van der Waals surface area contributed by atoms with Gasteiger partial charge in [0.15, 0.2) is 0 Å². The van der Waals surface area contributed by atoms with Gasteiger partial charge in [0.05, 0.1) is 6.26 Å². The summed E-state index contributed by atoms with van der Waals surface area (Å²) in [5.74, 6) is 0. The van der Waals surface area contributed by atoms with Crippen molar-refractivity contribution in [3.8, 4) is 0 Å². The Labute approximate surface area is 116 Å². The molecule has 0 saturated carbocycles. The Bertz CT molecular complexity index is 97.7. The van der Waals surface area contributed by atoms with Gasteiger partial charge in [0.1, 0.15) is 0 Å². The predicted molar refractivity (Wildman–Crippen MR) is 38.9 cm³/mol. The molecule has 0 bridgehead atoms. The third-order valence-electron chi connectivity index (χ3n) is 0. The van der Waals surface area contributed by atoms with E-state index in [2.05, 4.69) is 0 Å². The predicted octanol–water partition coefficient (Wildman–Crippen LogP) is -2.44. The molecule has 0 aliphatic heterocycles. The Balaban J connectivity index is -0.0000000267. The van der Waals surface area contributed by atoms with Crippen LogP contribution in [0.4, 0.5) is 0 Å². The van der Waals surface area contributed by atoms with Crippen LogP contribution in [0, 0.1) is 0 Å². The molecule has 0 aromatic carbocycles. The van der Waals surface area contributed by atoms with E-state index < -0.39 is 10.1 Å². The molecule has 0 spiro atoms. The molecule has 0 fully saturated rings. The molecule has 3 nitrogen and oxygen atoms in total. The summed E-state index contributed by atoms with van der Waals surface area (Å²) in [7, 11) is -3.67. The van der Waals surface area contributed by atoms with Gasteiger partial charge in [-0.1, -0.05) is 0 Å². The van der Waals surface area contributed by atoms with Crippen LogP contribution in [0.5, 0.6) is 0 Å². The number of hydrogen-bond acceptors (Lipinski definition) is 2. The van der Waals surface area contributed by atoms with Crippen LogP contribution in [0.3, 0.4) is 0 Å². The second-order valence-electron chi connectivity index (χ2n) is 0.733. The van der Waals surface area contributed by atoms with Crippen LogP contribution in [0.1, 0.15) is 0 Å². The van der Waals surface area contributed by atoms with E-state index in [1.54, 1.807) is 0 Å². The Morgan fingerprint density at radius 1 is 1.12 bits per heavy atom. The molecular weight excluding hydrogens is 161 g/mol. The zero-order chi connectivity index (χ0) is 4.50. The van der Waals surface area contributed by atoms with Crippen LogP contribution in [-0.4, -0.2) is 108 Å². The maximum absolute atomic E-state index is 9.19. The molecule has 0 atom stereocenters. The Hall–Kier alpha value is 2.91. The SMILES string of the molecule is CS(=O)(=O)O.[NaH].[NaH].[NaH]. The average Bonchev–Trinajstić information content (AvgIpc) is 0.722. The second-order valence-corrected chi connectivity index (χ2v) is 2.20. The van der Waals surface area contributed by atoms with Gasteiger partial charge < -0.3 is 0 Å². The Morgan fingerprint density at radius 2 is 1.12 bits per heavy atom. The van der Waals surface area contributed by atoms with Gasteiger partial charge in [-0.15, -0.1) is 0 Å². The molecule has 1 N–H and O–H groups in total. The van der Waals surface area contributed by atoms with Gasteiger partial charge in [-0.2, -0.15) is 8.42 Å². The normalized spacial score (nSPS) is 7.25. The average molecular weight is 168 g/mol. The third-order valence-corrected chi connectivity index (χ3v) is 0. The standard InChI is InChI=1S/CH4O3S.3Na.3H/c1-5(2,3)4;;;;;;/h1H3,(H,2,3,4);;;;;;. The van der Waals surface area contributed by atoms with Crippen molar-refractivity contribution in [3.63, 3.8) is 0 Å². The van der Waals surface area contributed by atoms with Crippen molar-refractivity contribution in [2.45, 2.75) is 0 Å². The van der Waals surface area contributed by atoms with Crippen molar-refractivity contribution in [1.82, 2.24) is 0 Å². The van der Waals surface area contributed by atoms with E-state index in [0.717, 1.165) is 0 Å². The van der Waals surface area contributed by atoms with Crippen molar-refractivity contribution in [2.24, 2.45) is 0 Å². The fourth-order valence-electron chi connectivity index (χ4n) is 0. The molecule has 0 amide bonds. The van der Waals surface area contributed by atoms with Crippen LogP contribution >= 0.6 is 0 Å². The summed E-state index contributed by atoms with van der Waals surface area (Å²) >= 11 is 0. The molecule has 0 aromatic heterocycles. The van der Waals surface area contributed by atoms with Crippen LogP contribution in [-0.2, 0) is 10.1 Å². The van der Waals surface area contributed by atoms with Crippen LogP contribution in [0.25, 0.3) is 0 Å². The molecular formula is CH7Na3O3S. The van der Waals surface area contributed by atoms with Crippen LogP contribution in [0.15, 0.2) is 0 Å². The van der Waals surface area contributed by atoms with E-state index in [0.29, 0.717) is 6.26 Å². The molecule has 7 heteroatoms. The van der Waals surface area contributed by atoms with E-state index in [4.69, 9.17) is 4.55 Å². The molecule has 0 rings (SSSR count). The van der Waals surface area contributed by atoms with Gasteiger partial charge >= 0.3 is 88.7 Å². The summed E-state index contributed by atoms with van der Waals surface area (Å²) in [6.45, 7) is 0. The van der Waals surface area contributed by atoms with Gasteiger partial charge in [-0.25, -0.2) is 0 Å². The second kappa shape index (κ2) is 9.91. The zero-order valence-electron chi connectivity index (χ0n) is 2.67.